The predicted octanol–water partition coefficient (Wildman–Crippen LogP) is 6.55. The molecular formula is C28H28F3NO6S. The third kappa shape index (κ3) is 7.57. The molecule has 0 aliphatic carbocycles. The molecule has 1 saturated heterocycles. The molecule has 1 fully saturated rings. The lowest BCUT2D eigenvalue weighted by molar-refractivity contribution is -0.137. The number of alkyl halides is 3. The van der Waals surface area contributed by atoms with Crippen LogP contribution >= 0.6 is 0 Å². The lowest BCUT2D eigenvalue weighted by Crippen LogP contribution is -2.17. The van der Waals surface area contributed by atoms with Gasteiger partial charge in [-0.1, -0.05) is 49.5 Å². The van der Waals surface area contributed by atoms with E-state index in [-0.39, 0.29) is 18.2 Å². The second-order valence-corrected chi connectivity index (χ2v) is 10.7. The molecule has 0 bridgehead atoms. The molecule has 0 radical (unpaired) electrons. The molecule has 4 rings (SSSR count). The first kappa shape index (κ1) is 28.6. The third-order valence-corrected chi connectivity index (χ3v) is 7.30. The van der Waals surface area contributed by atoms with Gasteiger partial charge in [-0.2, -0.15) is 21.6 Å². The van der Waals surface area contributed by atoms with Gasteiger partial charge >= 0.3 is 16.3 Å². The molecule has 0 spiro atoms. The summed E-state index contributed by atoms with van der Waals surface area (Å²) in [7, 11) is -4.56. The van der Waals surface area contributed by atoms with Crippen LogP contribution in [0.5, 0.6) is 5.75 Å². The van der Waals surface area contributed by atoms with E-state index in [9.17, 15) is 26.4 Å². The molecule has 7 nitrogen and oxygen atoms in total. The van der Waals surface area contributed by atoms with Crippen LogP contribution in [0.4, 0.5) is 13.2 Å². The van der Waals surface area contributed by atoms with Crippen molar-refractivity contribution >= 4 is 32.4 Å². The van der Waals surface area contributed by atoms with Gasteiger partial charge in [0.15, 0.2) is 0 Å². The Kier molecular flexibility index (Phi) is 8.91. The Balaban J connectivity index is 1.58. The normalized spacial score (nSPS) is 15.8. The van der Waals surface area contributed by atoms with E-state index in [2.05, 4.69) is 5.16 Å². The molecule has 0 saturated carbocycles. The summed E-state index contributed by atoms with van der Waals surface area (Å²) in [6, 6.07) is 13.3. The summed E-state index contributed by atoms with van der Waals surface area (Å²) in [6.45, 7) is 3.14. The first-order valence-electron chi connectivity index (χ1n) is 12.6. The smallest absolute Gasteiger partial charge is 0.416 e. The van der Waals surface area contributed by atoms with E-state index in [1.54, 1.807) is 30.3 Å². The molecule has 0 aromatic heterocycles. The predicted molar refractivity (Wildman–Crippen MR) is 139 cm³/mol. The number of ketones is 1. The highest BCUT2D eigenvalue weighted by Gasteiger charge is 2.31. The van der Waals surface area contributed by atoms with Crippen LogP contribution < -0.4 is 4.74 Å². The average Bonchev–Trinajstić information content (AvgIpc) is 3.75. The Hall–Kier alpha value is -3.44. The van der Waals surface area contributed by atoms with Crippen molar-refractivity contribution in [3.8, 4) is 5.75 Å². The summed E-state index contributed by atoms with van der Waals surface area (Å²) in [6.07, 6.45) is -1.09. The van der Waals surface area contributed by atoms with Crippen LogP contribution in [0.3, 0.4) is 0 Å². The van der Waals surface area contributed by atoms with Gasteiger partial charge in [0.05, 0.1) is 12.2 Å². The van der Waals surface area contributed by atoms with E-state index in [1.807, 2.05) is 13.0 Å². The van der Waals surface area contributed by atoms with Gasteiger partial charge in [0, 0.05) is 5.56 Å². The zero-order valence-corrected chi connectivity index (χ0v) is 22.1. The number of hydrogen-bond donors (Lipinski definition) is 0. The monoisotopic (exact) mass is 563 g/mol. The Bertz CT molecular complexity index is 1450. The van der Waals surface area contributed by atoms with Crippen molar-refractivity contribution in [1.82, 2.24) is 0 Å². The number of halogens is 3. The van der Waals surface area contributed by atoms with E-state index in [0.29, 0.717) is 48.5 Å². The second kappa shape index (κ2) is 12.2. The fraction of sp³-hybridized carbons (Fsp3) is 0.357. The van der Waals surface area contributed by atoms with Crippen LogP contribution in [-0.4, -0.2) is 39.2 Å². The first-order valence-corrected chi connectivity index (χ1v) is 14.0. The number of carbonyl (C=O) groups is 1. The largest absolute Gasteiger partial charge is 0.491 e. The summed E-state index contributed by atoms with van der Waals surface area (Å²) in [5.74, 6) is 0.127. The van der Waals surface area contributed by atoms with Gasteiger partial charge in [-0.15, -0.1) is 0 Å². The van der Waals surface area contributed by atoms with Crippen molar-refractivity contribution in [3.63, 3.8) is 0 Å². The highest BCUT2D eigenvalue weighted by atomic mass is 32.2. The van der Waals surface area contributed by atoms with Crippen LogP contribution in [-0.2, 0) is 25.3 Å². The second-order valence-electron chi connectivity index (χ2n) is 9.18. The van der Waals surface area contributed by atoms with Crippen LogP contribution in [0.1, 0.15) is 54.9 Å². The van der Waals surface area contributed by atoms with Crippen LogP contribution in [0.15, 0.2) is 70.7 Å². The Morgan fingerprint density at radius 3 is 2.46 bits per heavy atom. The number of epoxide rings is 1. The van der Waals surface area contributed by atoms with Crippen molar-refractivity contribution in [2.45, 2.75) is 56.2 Å². The maximum Gasteiger partial charge on any atom is 0.416 e. The summed E-state index contributed by atoms with van der Waals surface area (Å²) >= 11 is 0. The van der Waals surface area contributed by atoms with E-state index in [0.717, 1.165) is 36.8 Å². The van der Waals surface area contributed by atoms with E-state index >= 15 is 0 Å². The quantitative estimate of drug-likeness (QED) is 0.0770. The molecule has 208 valence electrons. The molecule has 0 amide bonds. The molecule has 1 aliphatic heterocycles. The minimum atomic E-state index is -4.61. The maximum atomic E-state index is 13.6. The van der Waals surface area contributed by atoms with Gasteiger partial charge in [0.2, 0.25) is 5.78 Å². The van der Waals surface area contributed by atoms with E-state index in [4.69, 9.17) is 13.8 Å². The number of rotatable bonds is 13. The minimum absolute atomic E-state index is 0.0962. The van der Waals surface area contributed by atoms with Gasteiger partial charge in [-0.3, -0.25) is 9.08 Å². The Labute approximate surface area is 224 Å². The standard InChI is InChI=1S/C28H28F3NO6S/c1-2-3-4-5-9-26(32-38-39(34,35)23-13-10-20(11-14-23)28(29,30)31)27(33)25-8-6-7-19-16-21(12-15-24(19)25)36-17-22-18-37-22/h6-8,10-16,22H,2-5,9,17-18H2,1H3/b32-26+. The molecule has 3 aromatic carbocycles. The number of Topliss-reactive ketones (excluding diaryl/α,β-unsaturated/α-hetero) is 1. The van der Waals surface area contributed by atoms with Gasteiger partial charge in [-0.25, -0.2) is 0 Å². The first-order chi connectivity index (χ1) is 18.6. The lowest BCUT2D eigenvalue weighted by Gasteiger charge is -2.11. The average molecular weight is 564 g/mol. The summed E-state index contributed by atoms with van der Waals surface area (Å²) < 4.78 is 79.5. The molecule has 1 unspecified atom stereocenters. The van der Waals surface area contributed by atoms with Crippen molar-refractivity contribution in [2.75, 3.05) is 13.2 Å². The molecule has 3 aromatic rings. The third-order valence-electron chi connectivity index (χ3n) is 6.18. The number of nitrogens with zero attached hydrogens (tertiary/aromatic N) is 1. The van der Waals surface area contributed by atoms with Gasteiger partial charge < -0.3 is 9.47 Å². The number of oxime groups is 1. The number of unbranched alkanes of at least 4 members (excludes halogenated alkanes) is 3. The summed E-state index contributed by atoms with van der Waals surface area (Å²) in [5, 5.41) is 5.09. The highest BCUT2D eigenvalue weighted by Crippen LogP contribution is 2.30. The van der Waals surface area contributed by atoms with Crippen LogP contribution in [0.2, 0.25) is 0 Å². The molecular weight excluding hydrogens is 535 g/mol. The SMILES string of the molecule is CCCCCC/C(=N\OS(=O)(=O)c1ccc(C(F)(F)F)cc1)C(=O)c1cccc2cc(OCC3CO3)ccc12. The number of hydrogen-bond acceptors (Lipinski definition) is 7. The Morgan fingerprint density at radius 2 is 1.79 bits per heavy atom. The van der Waals surface area contributed by atoms with Crippen molar-refractivity contribution in [2.24, 2.45) is 5.16 Å². The number of fused-ring (bicyclic) bond motifs is 1. The topological polar surface area (TPSA) is 94.6 Å². The molecule has 0 N–H and O–H groups in total. The van der Waals surface area contributed by atoms with Crippen molar-refractivity contribution in [3.05, 3.63) is 71.8 Å². The van der Waals surface area contributed by atoms with E-state index < -0.39 is 32.5 Å². The fourth-order valence-corrected chi connectivity index (χ4v) is 4.67. The zero-order chi connectivity index (χ0) is 28.0. The van der Waals surface area contributed by atoms with Crippen molar-refractivity contribution in [1.29, 1.82) is 0 Å². The highest BCUT2D eigenvalue weighted by molar-refractivity contribution is 7.86. The van der Waals surface area contributed by atoms with E-state index in [1.165, 1.54) is 0 Å². The fourth-order valence-electron chi connectivity index (χ4n) is 3.93. The van der Waals surface area contributed by atoms with Crippen molar-refractivity contribution < 1.29 is 40.1 Å². The molecule has 1 atom stereocenters. The molecule has 11 heteroatoms. The molecule has 1 aliphatic rings. The number of ether oxygens (including phenoxy) is 2. The maximum absolute atomic E-state index is 13.6. The minimum Gasteiger partial charge on any atom is -0.491 e. The number of carbonyl (C=O) groups excluding carboxylic acids is 1. The van der Waals surface area contributed by atoms with Crippen LogP contribution in [0.25, 0.3) is 10.8 Å². The molecule has 1 heterocycles. The van der Waals surface area contributed by atoms with Crippen LogP contribution in [0, 0.1) is 0 Å². The van der Waals surface area contributed by atoms with Gasteiger partial charge in [0.1, 0.15) is 29.1 Å². The van der Waals surface area contributed by atoms with Gasteiger partial charge in [0.25, 0.3) is 0 Å². The van der Waals surface area contributed by atoms with Gasteiger partial charge in [-0.05, 0) is 66.1 Å². The number of benzene rings is 3. The lowest BCUT2D eigenvalue weighted by atomic mass is 9.96. The summed E-state index contributed by atoms with van der Waals surface area (Å²) in [4.78, 5) is 13.1. The molecule has 39 heavy (non-hydrogen) atoms. The zero-order valence-electron chi connectivity index (χ0n) is 21.2. The summed E-state index contributed by atoms with van der Waals surface area (Å²) in [5.41, 5.74) is -0.781. The Morgan fingerprint density at radius 1 is 1.05 bits per heavy atom.